The number of non-ortho nitro benzene ring substituents is 1. The fourth-order valence-corrected chi connectivity index (χ4v) is 1.83. The van der Waals surface area contributed by atoms with Crippen LogP contribution in [0.5, 0.6) is 17.2 Å². The van der Waals surface area contributed by atoms with E-state index in [1.807, 2.05) is 6.07 Å². The second-order valence-electron chi connectivity index (χ2n) is 3.65. The molecule has 2 aromatic rings. The largest absolute Gasteiger partial charge is 0.493 e. The van der Waals surface area contributed by atoms with E-state index in [1.165, 1.54) is 12.1 Å². The number of ether oxygens (including phenoxy) is 2. The molecule has 0 radical (unpaired) electrons. The third kappa shape index (κ3) is 3.23. The molecule has 0 aromatic heterocycles. The van der Waals surface area contributed by atoms with Crippen LogP contribution in [-0.4, -0.2) is 12.0 Å². The van der Waals surface area contributed by atoms with Crippen molar-refractivity contribution in [3.63, 3.8) is 0 Å². The van der Waals surface area contributed by atoms with E-state index < -0.39 is 4.92 Å². The molecule has 0 amide bonds. The molecule has 0 N–H and O–H groups in total. The molecule has 0 bridgehead atoms. The fourth-order valence-electron chi connectivity index (χ4n) is 1.49. The van der Waals surface area contributed by atoms with Gasteiger partial charge in [0.15, 0.2) is 11.5 Å². The van der Waals surface area contributed by atoms with Crippen molar-refractivity contribution in [3.05, 3.63) is 57.1 Å². The van der Waals surface area contributed by atoms with Gasteiger partial charge in [-0.2, -0.15) is 0 Å². The lowest BCUT2D eigenvalue weighted by Gasteiger charge is -2.10. The van der Waals surface area contributed by atoms with E-state index in [-0.39, 0.29) is 5.69 Å². The van der Waals surface area contributed by atoms with Gasteiger partial charge in [0.05, 0.1) is 12.0 Å². The van der Waals surface area contributed by atoms with E-state index in [4.69, 9.17) is 9.47 Å². The van der Waals surface area contributed by atoms with Crippen LogP contribution in [0.15, 0.2) is 46.9 Å². The summed E-state index contributed by atoms with van der Waals surface area (Å²) in [5, 5.41) is 10.6. The molecule has 0 saturated heterocycles. The molecule has 0 fully saturated rings. The zero-order valence-corrected chi connectivity index (χ0v) is 11.6. The maximum absolute atomic E-state index is 10.6. The van der Waals surface area contributed by atoms with Crippen molar-refractivity contribution in [2.45, 2.75) is 0 Å². The predicted octanol–water partition coefficient (Wildman–Crippen LogP) is 4.16. The number of rotatable bonds is 4. The number of methoxy groups -OCH3 is 1. The monoisotopic (exact) mass is 323 g/mol. The average Bonchev–Trinajstić information content (AvgIpc) is 2.39. The molecule has 2 aromatic carbocycles. The summed E-state index contributed by atoms with van der Waals surface area (Å²) in [7, 11) is 1.55. The van der Waals surface area contributed by atoms with Crippen molar-refractivity contribution in [1.82, 2.24) is 0 Å². The standard InChI is InChI=1S/C13H10BrNO4/c1-18-12-7-2-9(14)8-13(12)19-11-5-3-10(4-6-11)15(16)17/h2-8H,1H3. The average molecular weight is 324 g/mol. The van der Waals surface area contributed by atoms with E-state index in [2.05, 4.69) is 15.9 Å². The number of nitrogens with zero attached hydrogens (tertiary/aromatic N) is 1. The number of nitro benzene ring substituents is 1. The van der Waals surface area contributed by atoms with Gasteiger partial charge in [-0.1, -0.05) is 15.9 Å². The Labute approximate surface area is 118 Å². The van der Waals surface area contributed by atoms with Crippen LogP contribution in [-0.2, 0) is 0 Å². The highest BCUT2D eigenvalue weighted by Gasteiger charge is 2.08. The number of hydrogen-bond acceptors (Lipinski definition) is 4. The summed E-state index contributed by atoms with van der Waals surface area (Å²) in [4.78, 5) is 10.1. The van der Waals surface area contributed by atoms with Crippen LogP contribution in [0.1, 0.15) is 0 Å². The van der Waals surface area contributed by atoms with Crippen LogP contribution < -0.4 is 9.47 Å². The number of halogens is 1. The minimum Gasteiger partial charge on any atom is -0.493 e. The SMILES string of the molecule is COc1ccc(Br)cc1Oc1ccc([N+](=O)[O-])cc1. The molecule has 2 rings (SSSR count). The second-order valence-corrected chi connectivity index (χ2v) is 4.56. The minimum absolute atomic E-state index is 0.0218. The van der Waals surface area contributed by atoms with Gasteiger partial charge in [0.1, 0.15) is 5.75 Å². The molecule has 0 spiro atoms. The molecule has 6 heteroatoms. The molecule has 98 valence electrons. The molecule has 19 heavy (non-hydrogen) atoms. The normalized spacial score (nSPS) is 10.0. The zero-order chi connectivity index (χ0) is 13.8. The fraction of sp³-hybridized carbons (Fsp3) is 0.0769. The molecular formula is C13H10BrNO4. The van der Waals surface area contributed by atoms with Gasteiger partial charge in [-0.3, -0.25) is 10.1 Å². The van der Waals surface area contributed by atoms with Gasteiger partial charge >= 0.3 is 0 Å². The maximum atomic E-state index is 10.6. The van der Waals surface area contributed by atoms with E-state index in [1.54, 1.807) is 31.4 Å². The van der Waals surface area contributed by atoms with Crippen molar-refractivity contribution in [1.29, 1.82) is 0 Å². The van der Waals surface area contributed by atoms with Crippen molar-refractivity contribution in [2.75, 3.05) is 7.11 Å². The van der Waals surface area contributed by atoms with Crippen molar-refractivity contribution >= 4 is 21.6 Å². The van der Waals surface area contributed by atoms with Crippen molar-refractivity contribution in [3.8, 4) is 17.2 Å². The summed E-state index contributed by atoms with van der Waals surface area (Å²) in [6, 6.07) is 11.2. The Kier molecular flexibility index (Phi) is 4.01. The Morgan fingerprint density at radius 2 is 1.79 bits per heavy atom. The van der Waals surface area contributed by atoms with Crippen LogP contribution in [0.3, 0.4) is 0 Å². The van der Waals surface area contributed by atoms with Gasteiger partial charge in [0.2, 0.25) is 0 Å². The lowest BCUT2D eigenvalue weighted by Crippen LogP contribution is -1.91. The Morgan fingerprint density at radius 3 is 2.37 bits per heavy atom. The number of nitro groups is 1. The Hall–Kier alpha value is -2.08. The molecule has 0 heterocycles. The first-order valence-corrected chi connectivity index (χ1v) is 6.15. The summed E-state index contributed by atoms with van der Waals surface area (Å²) >= 11 is 3.34. The molecule has 0 aliphatic rings. The summed E-state index contributed by atoms with van der Waals surface area (Å²) in [6.45, 7) is 0. The van der Waals surface area contributed by atoms with E-state index in [0.29, 0.717) is 17.2 Å². The molecule has 0 aliphatic heterocycles. The van der Waals surface area contributed by atoms with Crippen LogP contribution in [0.25, 0.3) is 0 Å². The summed E-state index contributed by atoms with van der Waals surface area (Å²) in [5.41, 5.74) is 0.0218. The van der Waals surface area contributed by atoms with Crippen molar-refractivity contribution in [2.24, 2.45) is 0 Å². The van der Waals surface area contributed by atoms with E-state index in [9.17, 15) is 10.1 Å². The van der Waals surface area contributed by atoms with Crippen molar-refractivity contribution < 1.29 is 14.4 Å². The van der Waals surface area contributed by atoms with Crippen LogP contribution in [0.4, 0.5) is 5.69 Å². The Balaban J connectivity index is 2.25. The summed E-state index contributed by atoms with van der Waals surface area (Å²) in [6.07, 6.45) is 0. The third-order valence-corrected chi connectivity index (χ3v) is 2.89. The topological polar surface area (TPSA) is 61.6 Å². The first kappa shape index (κ1) is 13.4. The highest BCUT2D eigenvalue weighted by atomic mass is 79.9. The molecular weight excluding hydrogens is 314 g/mol. The Morgan fingerprint density at radius 1 is 1.11 bits per heavy atom. The predicted molar refractivity (Wildman–Crippen MR) is 73.9 cm³/mol. The minimum atomic E-state index is -0.455. The molecule has 0 atom stereocenters. The Bertz CT molecular complexity index is 598. The van der Waals surface area contributed by atoms with E-state index >= 15 is 0 Å². The third-order valence-electron chi connectivity index (χ3n) is 2.40. The molecule has 0 aliphatic carbocycles. The van der Waals surface area contributed by atoms with Gasteiger partial charge < -0.3 is 9.47 Å². The molecule has 0 unspecified atom stereocenters. The van der Waals surface area contributed by atoms with Crippen LogP contribution >= 0.6 is 15.9 Å². The van der Waals surface area contributed by atoms with Gasteiger partial charge in [0, 0.05) is 16.6 Å². The lowest BCUT2D eigenvalue weighted by atomic mass is 10.3. The smallest absolute Gasteiger partial charge is 0.269 e. The highest BCUT2D eigenvalue weighted by molar-refractivity contribution is 9.10. The summed E-state index contributed by atoms with van der Waals surface area (Å²) in [5.74, 6) is 1.62. The highest BCUT2D eigenvalue weighted by Crippen LogP contribution is 2.34. The van der Waals surface area contributed by atoms with Gasteiger partial charge in [-0.25, -0.2) is 0 Å². The van der Waals surface area contributed by atoms with E-state index in [0.717, 1.165) is 4.47 Å². The maximum Gasteiger partial charge on any atom is 0.269 e. The van der Waals surface area contributed by atoms with Crippen LogP contribution in [0, 0.1) is 10.1 Å². The first-order valence-electron chi connectivity index (χ1n) is 5.36. The summed E-state index contributed by atoms with van der Waals surface area (Å²) < 4.78 is 11.7. The quantitative estimate of drug-likeness (QED) is 0.626. The molecule has 5 nitrogen and oxygen atoms in total. The zero-order valence-electron chi connectivity index (χ0n) is 10.00. The van der Waals surface area contributed by atoms with Crippen LogP contribution in [0.2, 0.25) is 0 Å². The second kappa shape index (κ2) is 5.71. The first-order chi connectivity index (χ1) is 9.10. The van der Waals surface area contributed by atoms with Gasteiger partial charge in [0.25, 0.3) is 5.69 Å². The number of hydrogen-bond donors (Lipinski definition) is 0. The van der Waals surface area contributed by atoms with Gasteiger partial charge in [-0.05, 0) is 30.3 Å². The van der Waals surface area contributed by atoms with Gasteiger partial charge in [-0.15, -0.1) is 0 Å². The molecule has 0 saturated carbocycles. The lowest BCUT2D eigenvalue weighted by molar-refractivity contribution is -0.384. The number of benzene rings is 2.